The maximum atomic E-state index is 12.3. The highest BCUT2D eigenvalue weighted by atomic mass is 16.5. The summed E-state index contributed by atoms with van der Waals surface area (Å²) in [7, 11) is 0. The van der Waals surface area contributed by atoms with Gasteiger partial charge in [-0.1, -0.05) is 66.2 Å². The highest BCUT2D eigenvalue weighted by molar-refractivity contribution is 5.95. The maximum Gasteiger partial charge on any atom is 0.271 e. The summed E-state index contributed by atoms with van der Waals surface area (Å²) in [6.07, 6.45) is 1.67. The van der Waals surface area contributed by atoms with Gasteiger partial charge in [-0.2, -0.15) is 5.10 Å². The third-order valence-electron chi connectivity index (χ3n) is 5.14. The SMILES string of the molecule is Cc1ccc(/C=N\NC(=O)c2ccc(COc3ccc4ccccc4c3)cc2)c(C)c1. The van der Waals surface area contributed by atoms with Gasteiger partial charge >= 0.3 is 0 Å². The number of amides is 1. The van der Waals surface area contributed by atoms with E-state index in [9.17, 15) is 4.79 Å². The van der Waals surface area contributed by atoms with Crippen molar-refractivity contribution in [3.63, 3.8) is 0 Å². The topological polar surface area (TPSA) is 50.7 Å². The summed E-state index contributed by atoms with van der Waals surface area (Å²) >= 11 is 0. The van der Waals surface area contributed by atoms with E-state index in [-0.39, 0.29) is 5.91 Å². The van der Waals surface area contributed by atoms with Crippen molar-refractivity contribution in [2.24, 2.45) is 5.10 Å². The molecule has 31 heavy (non-hydrogen) atoms. The quantitative estimate of drug-likeness (QED) is 0.324. The summed E-state index contributed by atoms with van der Waals surface area (Å²) in [5, 5.41) is 6.41. The maximum absolute atomic E-state index is 12.3. The van der Waals surface area contributed by atoms with E-state index in [1.54, 1.807) is 18.3 Å². The molecule has 4 nitrogen and oxygen atoms in total. The Morgan fingerprint density at radius 1 is 0.903 bits per heavy atom. The molecule has 0 aliphatic rings. The number of carbonyl (C=O) groups is 1. The number of hydrogen-bond acceptors (Lipinski definition) is 3. The zero-order valence-electron chi connectivity index (χ0n) is 17.6. The molecule has 0 heterocycles. The summed E-state index contributed by atoms with van der Waals surface area (Å²) in [4.78, 5) is 12.3. The minimum absolute atomic E-state index is 0.247. The lowest BCUT2D eigenvalue weighted by Crippen LogP contribution is -2.17. The second kappa shape index (κ2) is 9.26. The fourth-order valence-corrected chi connectivity index (χ4v) is 3.37. The third-order valence-corrected chi connectivity index (χ3v) is 5.14. The normalized spacial score (nSPS) is 11.0. The average molecular weight is 409 g/mol. The average Bonchev–Trinajstić information content (AvgIpc) is 2.79. The molecule has 0 saturated carbocycles. The highest BCUT2D eigenvalue weighted by Crippen LogP contribution is 2.21. The van der Waals surface area contributed by atoms with Gasteiger partial charge in [0.25, 0.3) is 5.91 Å². The van der Waals surface area contributed by atoms with Crippen LogP contribution in [0.4, 0.5) is 0 Å². The van der Waals surface area contributed by atoms with Crippen LogP contribution in [0.3, 0.4) is 0 Å². The Kier molecular flexibility index (Phi) is 6.08. The van der Waals surface area contributed by atoms with Crippen molar-refractivity contribution in [1.82, 2.24) is 5.43 Å². The molecular formula is C27H24N2O2. The number of nitrogens with zero attached hydrogens (tertiary/aromatic N) is 1. The van der Waals surface area contributed by atoms with E-state index in [1.807, 2.05) is 62.4 Å². The fourth-order valence-electron chi connectivity index (χ4n) is 3.37. The first-order chi connectivity index (χ1) is 15.1. The second-order valence-corrected chi connectivity index (χ2v) is 7.55. The van der Waals surface area contributed by atoms with Gasteiger partial charge in [0.2, 0.25) is 0 Å². The van der Waals surface area contributed by atoms with E-state index in [1.165, 1.54) is 10.9 Å². The van der Waals surface area contributed by atoms with E-state index in [4.69, 9.17) is 4.74 Å². The molecule has 0 saturated heterocycles. The molecule has 0 spiro atoms. The first-order valence-electron chi connectivity index (χ1n) is 10.2. The van der Waals surface area contributed by atoms with Crippen LogP contribution in [0.1, 0.15) is 32.6 Å². The van der Waals surface area contributed by atoms with Gasteiger partial charge < -0.3 is 4.74 Å². The molecular weight excluding hydrogens is 384 g/mol. The van der Waals surface area contributed by atoms with Crippen molar-refractivity contribution in [3.05, 3.63) is 113 Å². The van der Waals surface area contributed by atoms with E-state index in [0.717, 1.165) is 27.8 Å². The van der Waals surface area contributed by atoms with Crippen LogP contribution in [0.5, 0.6) is 5.75 Å². The van der Waals surface area contributed by atoms with Crippen LogP contribution in [-0.4, -0.2) is 12.1 Å². The number of fused-ring (bicyclic) bond motifs is 1. The predicted octanol–water partition coefficient (Wildman–Crippen LogP) is 5.80. The Bertz CT molecular complexity index is 1240. The Balaban J connectivity index is 1.33. The van der Waals surface area contributed by atoms with Gasteiger partial charge in [-0.05, 0) is 65.6 Å². The molecule has 1 N–H and O–H groups in total. The third kappa shape index (κ3) is 5.17. The minimum atomic E-state index is -0.247. The van der Waals surface area contributed by atoms with Crippen molar-refractivity contribution in [2.45, 2.75) is 20.5 Å². The van der Waals surface area contributed by atoms with Crippen LogP contribution in [0.15, 0.2) is 90.0 Å². The number of nitrogens with one attached hydrogen (secondary N) is 1. The van der Waals surface area contributed by atoms with Gasteiger partial charge in [0.05, 0.1) is 6.21 Å². The lowest BCUT2D eigenvalue weighted by atomic mass is 10.1. The predicted molar refractivity (Wildman–Crippen MR) is 126 cm³/mol. The Hall–Kier alpha value is -3.92. The van der Waals surface area contributed by atoms with Crippen LogP contribution in [0.25, 0.3) is 10.8 Å². The molecule has 4 rings (SSSR count). The molecule has 4 aromatic rings. The molecule has 154 valence electrons. The van der Waals surface area contributed by atoms with Gasteiger partial charge in [-0.15, -0.1) is 0 Å². The van der Waals surface area contributed by atoms with Crippen molar-refractivity contribution in [1.29, 1.82) is 0 Å². The number of rotatable bonds is 6. The van der Waals surface area contributed by atoms with Gasteiger partial charge in [0.1, 0.15) is 12.4 Å². The molecule has 1 amide bonds. The van der Waals surface area contributed by atoms with E-state index < -0.39 is 0 Å². The first-order valence-corrected chi connectivity index (χ1v) is 10.2. The van der Waals surface area contributed by atoms with E-state index in [0.29, 0.717) is 12.2 Å². The Morgan fingerprint density at radius 3 is 2.45 bits per heavy atom. The Morgan fingerprint density at radius 2 is 1.68 bits per heavy atom. The molecule has 0 radical (unpaired) electrons. The van der Waals surface area contributed by atoms with Crippen LogP contribution < -0.4 is 10.2 Å². The van der Waals surface area contributed by atoms with Crippen LogP contribution in [0.2, 0.25) is 0 Å². The molecule has 4 aromatic carbocycles. The standard InChI is InChI=1S/C27H24N2O2/c1-19-7-10-25(20(2)15-19)17-28-29-27(30)23-11-8-21(9-12-23)18-31-26-14-13-22-5-3-4-6-24(22)16-26/h3-17H,18H2,1-2H3,(H,29,30)/b28-17-. The molecule has 0 fully saturated rings. The van der Waals surface area contributed by atoms with Crippen molar-refractivity contribution < 1.29 is 9.53 Å². The molecule has 0 aromatic heterocycles. The Labute approximate surface area is 182 Å². The fraction of sp³-hybridized carbons (Fsp3) is 0.111. The largest absolute Gasteiger partial charge is 0.489 e. The van der Waals surface area contributed by atoms with Gasteiger partial charge in [-0.3, -0.25) is 4.79 Å². The number of hydrazone groups is 1. The number of hydrogen-bond donors (Lipinski definition) is 1. The van der Waals surface area contributed by atoms with Gasteiger partial charge in [0, 0.05) is 5.56 Å². The zero-order valence-corrected chi connectivity index (χ0v) is 17.6. The summed E-state index contributed by atoms with van der Waals surface area (Å²) in [5.74, 6) is 0.573. The number of carbonyl (C=O) groups excluding carboxylic acids is 1. The lowest BCUT2D eigenvalue weighted by Gasteiger charge is -2.08. The summed E-state index contributed by atoms with van der Waals surface area (Å²) < 4.78 is 5.91. The summed E-state index contributed by atoms with van der Waals surface area (Å²) in [5.41, 5.74) is 7.42. The van der Waals surface area contributed by atoms with Crippen LogP contribution in [-0.2, 0) is 6.61 Å². The lowest BCUT2D eigenvalue weighted by molar-refractivity contribution is 0.0955. The summed E-state index contributed by atoms with van der Waals surface area (Å²) in [6, 6.07) is 27.7. The molecule has 0 bridgehead atoms. The smallest absolute Gasteiger partial charge is 0.271 e. The molecule has 0 aliphatic carbocycles. The molecule has 0 unspecified atom stereocenters. The van der Waals surface area contributed by atoms with Gasteiger partial charge in [0.15, 0.2) is 0 Å². The number of benzene rings is 4. The van der Waals surface area contributed by atoms with Crippen LogP contribution in [0, 0.1) is 13.8 Å². The number of aryl methyl sites for hydroxylation is 2. The van der Waals surface area contributed by atoms with E-state index in [2.05, 4.69) is 34.8 Å². The van der Waals surface area contributed by atoms with Crippen molar-refractivity contribution in [2.75, 3.05) is 0 Å². The minimum Gasteiger partial charge on any atom is -0.489 e. The van der Waals surface area contributed by atoms with Crippen molar-refractivity contribution in [3.8, 4) is 5.75 Å². The van der Waals surface area contributed by atoms with Crippen molar-refractivity contribution >= 4 is 22.9 Å². The summed E-state index contributed by atoms with van der Waals surface area (Å²) in [6.45, 7) is 4.51. The van der Waals surface area contributed by atoms with Crippen LogP contribution >= 0.6 is 0 Å². The van der Waals surface area contributed by atoms with Gasteiger partial charge in [-0.25, -0.2) is 5.43 Å². The second-order valence-electron chi connectivity index (χ2n) is 7.55. The van der Waals surface area contributed by atoms with E-state index >= 15 is 0 Å². The highest BCUT2D eigenvalue weighted by Gasteiger charge is 2.05. The first kappa shape index (κ1) is 20.4. The molecule has 0 aliphatic heterocycles. The molecule has 0 atom stereocenters. The monoisotopic (exact) mass is 408 g/mol. The zero-order chi connectivity index (χ0) is 21.6. The molecule has 4 heteroatoms. The number of ether oxygens (including phenoxy) is 1.